The topological polar surface area (TPSA) is 115 Å². The molecule has 1 fully saturated rings. The van der Waals surface area contributed by atoms with E-state index in [1.165, 1.54) is 0 Å². The molecule has 2 aliphatic rings. The van der Waals surface area contributed by atoms with Crippen molar-refractivity contribution in [2.45, 2.75) is 44.7 Å². The van der Waals surface area contributed by atoms with Crippen LogP contribution in [0.15, 0.2) is 44.7 Å². The number of carbonyl (C=O) groups excluding carboxylic acids is 2. The fourth-order valence-corrected chi connectivity index (χ4v) is 7.73. The van der Waals surface area contributed by atoms with Gasteiger partial charge in [0, 0.05) is 41.9 Å². The van der Waals surface area contributed by atoms with E-state index in [4.69, 9.17) is 21.2 Å². The summed E-state index contributed by atoms with van der Waals surface area (Å²) in [5.41, 5.74) is 16.0. The Bertz CT molecular complexity index is 1220. The van der Waals surface area contributed by atoms with Crippen molar-refractivity contribution in [3.05, 3.63) is 56.5 Å². The Balaban J connectivity index is 1.42. The number of rotatable bonds is 5. The first kappa shape index (κ1) is 26.3. The van der Waals surface area contributed by atoms with Crippen LogP contribution in [0.5, 0.6) is 0 Å². The molecule has 0 saturated carbocycles. The van der Waals surface area contributed by atoms with E-state index in [9.17, 15) is 9.59 Å². The summed E-state index contributed by atoms with van der Waals surface area (Å²) in [7, 11) is -1.00. The van der Waals surface area contributed by atoms with Crippen LogP contribution in [0.4, 0.5) is 10.5 Å². The number of ether oxygens (including phenoxy) is 1. The first-order chi connectivity index (χ1) is 16.9. The number of thiol groups is 1. The van der Waals surface area contributed by atoms with Crippen molar-refractivity contribution in [1.29, 1.82) is 0 Å². The summed E-state index contributed by atoms with van der Waals surface area (Å²) in [5, 5.41) is 0.898. The van der Waals surface area contributed by atoms with Gasteiger partial charge in [0.15, 0.2) is 0 Å². The lowest BCUT2D eigenvalue weighted by molar-refractivity contribution is -0.113. The largest absolute Gasteiger partial charge is 0.444 e. The van der Waals surface area contributed by atoms with Gasteiger partial charge in [-0.05, 0) is 85.6 Å². The van der Waals surface area contributed by atoms with Gasteiger partial charge in [0.05, 0.1) is 21.3 Å². The SMILES string of the molecule is Cc1ccc2c(n1)[SH](CCc1ccc(N3CCN(C(=O)OC(C)(C)C)CC3)c(Br)c1)C(C(N)=O)=C2N. The van der Waals surface area contributed by atoms with Gasteiger partial charge >= 0.3 is 6.09 Å². The molecule has 2 amide bonds. The second-order valence-corrected chi connectivity index (χ2v) is 13.1. The normalized spacial score (nSPS) is 18.9. The number of piperazine rings is 1. The molecule has 2 aliphatic heterocycles. The molecule has 4 rings (SSSR count). The van der Waals surface area contributed by atoms with Gasteiger partial charge in [-0.2, -0.15) is 10.9 Å². The zero-order chi connectivity index (χ0) is 26.2. The first-order valence-electron chi connectivity index (χ1n) is 12.0. The van der Waals surface area contributed by atoms with Gasteiger partial charge in [0.1, 0.15) is 5.60 Å². The van der Waals surface area contributed by atoms with Crippen LogP contribution in [0.2, 0.25) is 0 Å². The predicted molar refractivity (Wildman–Crippen MR) is 149 cm³/mol. The number of benzene rings is 1. The number of primary amides is 1. The van der Waals surface area contributed by atoms with Gasteiger partial charge in [0.25, 0.3) is 5.91 Å². The van der Waals surface area contributed by atoms with Gasteiger partial charge in [0.2, 0.25) is 0 Å². The van der Waals surface area contributed by atoms with Gasteiger partial charge < -0.3 is 26.0 Å². The van der Waals surface area contributed by atoms with Crippen LogP contribution in [0.3, 0.4) is 0 Å². The number of aryl methyl sites for hydroxylation is 2. The van der Waals surface area contributed by atoms with Gasteiger partial charge in [-0.25, -0.2) is 9.78 Å². The number of halogens is 1. The van der Waals surface area contributed by atoms with E-state index in [0.29, 0.717) is 23.7 Å². The van der Waals surface area contributed by atoms with Crippen molar-refractivity contribution in [3.8, 4) is 0 Å². The molecule has 36 heavy (non-hydrogen) atoms. The minimum absolute atomic E-state index is 0.262. The number of anilines is 1. The Morgan fingerprint density at radius 3 is 2.44 bits per heavy atom. The van der Waals surface area contributed by atoms with Gasteiger partial charge in [-0.3, -0.25) is 4.79 Å². The molecule has 2 aromatic rings. The lowest BCUT2D eigenvalue weighted by Gasteiger charge is -2.37. The van der Waals surface area contributed by atoms with E-state index < -0.39 is 22.4 Å². The summed E-state index contributed by atoms with van der Waals surface area (Å²) in [6.07, 6.45) is 0.512. The van der Waals surface area contributed by atoms with Crippen molar-refractivity contribution in [2.75, 3.05) is 36.8 Å². The average molecular weight is 577 g/mol. The first-order valence-corrected chi connectivity index (χ1v) is 14.3. The summed E-state index contributed by atoms with van der Waals surface area (Å²) in [6, 6.07) is 10.2. The van der Waals surface area contributed by atoms with E-state index in [2.05, 4.69) is 39.0 Å². The molecule has 0 bridgehead atoms. The third-order valence-electron chi connectivity index (χ3n) is 6.23. The minimum atomic E-state index is -1.00. The number of aromatic nitrogens is 1. The van der Waals surface area contributed by atoms with Crippen LogP contribution >= 0.6 is 26.8 Å². The van der Waals surface area contributed by atoms with Gasteiger partial charge in [-0.15, -0.1) is 0 Å². The minimum Gasteiger partial charge on any atom is -0.444 e. The monoisotopic (exact) mass is 575 g/mol. The van der Waals surface area contributed by atoms with Crippen LogP contribution in [0.1, 0.15) is 37.6 Å². The fourth-order valence-electron chi connectivity index (χ4n) is 4.48. The molecule has 10 heteroatoms. The van der Waals surface area contributed by atoms with Crippen LogP contribution in [0.25, 0.3) is 5.70 Å². The third kappa shape index (κ3) is 5.64. The Morgan fingerprint density at radius 2 is 1.83 bits per heavy atom. The fraction of sp³-hybridized carbons (Fsp3) is 0.423. The van der Waals surface area contributed by atoms with Crippen molar-refractivity contribution >= 4 is 50.2 Å². The second kappa shape index (κ2) is 10.3. The zero-order valence-corrected chi connectivity index (χ0v) is 23.7. The van der Waals surface area contributed by atoms with Crippen molar-refractivity contribution in [1.82, 2.24) is 9.88 Å². The molecule has 0 radical (unpaired) electrons. The molecule has 0 spiro atoms. The number of pyridine rings is 1. The lowest BCUT2D eigenvalue weighted by atomic mass is 10.1. The Hall–Kier alpha value is -2.72. The number of fused-ring (bicyclic) bond motifs is 1. The van der Waals surface area contributed by atoms with Gasteiger partial charge in [-0.1, -0.05) is 6.07 Å². The summed E-state index contributed by atoms with van der Waals surface area (Å²) in [6.45, 7) is 10.3. The molecule has 194 valence electrons. The summed E-state index contributed by atoms with van der Waals surface area (Å²) >= 11 is 3.74. The molecule has 4 N–H and O–H groups in total. The number of nitrogens with zero attached hydrogens (tertiary/aromatic N) is 3. The standard InChI is InChI=1S/C26H34BrN5O3S/c1-16-5-7-18-21(28)22(23(29)33)36(24(18)30-16)14-9-17-6-8-20(19(27)15-17)31-10-12-32(13-11-31)25(34)35-26(2,3)4/h5-8,15,36H,9-14,28H2,1-4H3,(H2,29,33). The zero-order valence-electron chi connectivity index (χ0n) is 21.2. The predicted octanol–water partition coefficient (Wildman–Crippen LogP) is 3.94. The second-order valence-electron chi connectivity index (χ2n) is 10.1. The van der Waals surface area contributed by atoms with Crippen LogP contribution < -0.4 is 16.4 Å². The quantitative estimate of drug-likeness (QED) is 0.465. The van der Waals surface area contributed by atoms with Crippen molar-refractivity contribution in [2.24, 2.45) is 11.5 Å². The highest BCUT2D eigenvalue weighted by Gasteiger charge is 2.32. The maximum Gasteiger partial charge on any atom is 0.410 e. The molecule has 0 aliphatic carbocycles. The number of hydrogen-bond donors (Lipinski definition) is 3. The highest BCUT2D eigenvalue weighted by Crippen LogP contribution is 2.53. The average Bonchev–Trinajstić information content (AvgIpc) is 3.07. The molecular weight excluding hydrogens is 542 g/mol. The molecule has 1 unspecified atom stereocenters. The van der Waals surface area contributed by atoms with Crippen LogP contribution in [-0.2, 0) is 16.0 Å². The molecule has 1 aromatic heterocycles. The maximum atomic E-state index is 12.4. The van der Waals surface area contributed by atoms with Crippen LogP contribution in [0, 0.1) is 6.92 Å². The smallest absolute Gasteiger partial charge is 0.410 e. The summed E-state index contributed by atoms with van der Waals surface area (Å²) in [4.78, 5) is 33.8. The summed E-state index contributed by atoms with van der Waals surface area (Å²) in [5.74, 6) is 0.286. The van der Waals surface area contributed by atoms with E-state index >= 15 is 0 Å². The molecular formula is C26H34BrN5O3S. The number of carbonyl (C=O) groups is 2. The van der Waals surface area contributed by atoms with Crippen molar-refractivity contribution in [3.63, 3.8) is 0 Å². The molecule has 1 aromatic carbocycles. The highest BCUT2D eigenvalue weighted by molar-refractivity contribution is 9.10. The molecule has 8 nitrogen and oxygen atoms in total. The van der Waals surface area contributed by atoms with E-state index in [1.54, 1.807) is 4.90 Å². The van der Waals surface area contributed by atoms with Crippen LogP contribution in [-0.4, -0.2) is 59.4 Å². The Morgan fingerprint density at radius 1 is 1.14 bits per heavy atom. The Labute approximate surface area is 223 Å². The van der Waals surface area contributed by atoms with E-state index in [-0.39, 0.29) is 6.09 Å². The Kier molecular flexibility index (Phi) is 7.56. The highest BCUT2D eigenvalue weighted by atomic mass is 79.9. The number of hydrogen-bond acceptors (Lipinski definition) is 6. The molecule has 3 heterocycles. The van der Waals surface area contributed by atoms with Crippen molar-refractivity contribution < 1.29 is 14.3 Å². The molecule has 1 saturated heterocycles. The number of nitrogens with two attached hydrogens (primary N) is 2. The lowest BCUT2D eigenvalue weighted by Crippen LogP contribution is -2.50. The number of amides is 2. The third-order valence-corrected chi connectivity index (χ3v) is 9.39. The maximum absolute atomic E-state index is 12.4. The van der Waals surface area contributed by atoms with E-state index in [0.717, 1.165) is 57.3 Å². The van der Waals surface area contributed by atoms with E-state index in [1.807, 2.05) is 39.8 Å². The summed E-state index contributed by atoms with van der Waals surface area (Å²) < 4.78 is 6.50. The molecule has 1 atom stereocenters.